The predicted octanol–water partition coefficient (Wildman–Crippen LogP) is 4.01. The number of aryl methyl sites for hydroxylation is 2. The lowest BCUT2D eigenvalue weighted by Crippen LogP contribution is -2.13. The van der Waals surface area contributed by atoms with E-state index in [4.69, 9.17) is 9.47 Å². The number of rotatable bonds is 6. The van der Waals surface area contributed by atoms with Gasteiger partial charge in [0.15, 0.2) is 12.4 Å². The van der Waals surface area contributed by atoms with Crippen LogP contribution >= 0.6 is 0 Å². The van der Waals surface area contributed by atoms with E-state index in [1.54, 1.807) is 13.2 Å². The van der Waals surface area contributed by atoms with E-state index in [9.17, 15) is 9.59 Å². The van der Waals surface area contributed by atoms with E-state index in [2.05, 4.69) is 0 Å². The molecule has 1 aliphatic carbocycles. The maximum Gasteiger partial charge on any atom is 0.331 e. The number of methoxy groups -OCH3 is 1. The first kappa shape index (κ1) is 17.9. The normalized spacial score (nSPS) is 13.3. The van der Waals surface area contributed by atoms with E-state index < -0.39 is 5.97 Å². The molecule has 0 fully saturated rings. The van der Waals surface area contributed by atoms with Crippen molar-refractivity contribution < 1.29 is 19.1 Å². The van der Waals surface area contributed by atoms with Crippen molar-refractivity contribution in [3.63, 3.8) is 0 Å². The van der Waals surface area contributed by atoms with Gasteiger partial charge in [0.2, 0.25) is 0 Å². The Balaban J connectivity index is 1.53. The number of Topliss-reactive ketones (excluding diaryl/α,β-unsaturated/α-hetero) is 1. The van der Waals surface area contributed by atoms with Gasteiger partial charge < -0.3 is 9.47 Å². The molecule has 2 aromatic rings. The molecule has 4 nitrogen and oxygen atoms in total. The standard InChI is InChI=1S/C22H22O4/c1-25-20-11-6-16(7-12-20)8-13-22(24)26-15-21(23)19-10-9-17-4-2-3-5-18(17)14-19/h6-14H,2-5,15H2,1H3/b13-8+. The molecule has 0 unspecified atom stereocenters. The number of carbonyl (C=O) groups excluding carboxylic acids is 2. The summed E-state index contributed by atoms with van der Waals surface area (Å²) in [6.07, 6.45) is 7.43. The Labute approximate surface area is 153 Å². The molecule has 0 amide bonds. The Bertz CT molecular complexity index is 819. The maximum absolute atomic E-state index is 12.3. The number of fused-ring (bicyclic) bond motifs is 1. The van der Waals surface area contributed by atoms with Crippen molar-refractivity contribution in [1.29, 1.82) is 0 Å². The molecule has 1 aliphatic rings. The Morgan fingerprint density at radius 1 is 1.00 bits per heavy atom. The highest BCUT2D eigenvalue weighted by Crippen LogP contribution is 2.22. The second-order valence-electron chi connectivity index (χ2n) is 6.33. The molecule has 0 atom stereocenters. The summed E-state index contributed by atoms with van der Waals surface area (Å²) in [5, 5.41) is 0. The summed E-state index contributed by atoms with van der Waals surface area (Å²) < 4.78 is 10.2. The molecule has 2 aromatic carbocycles. The third kappa shape index (κ3) is 4.60. The molecule has 0 radical (unpaired) electrons. The SMILES string of the molecule is COc1ccc(/C=C/C(=O)OCC(=O)c2ccc3c(c2)CCCC3)cc1. The highest BCUT2D eigenvalue weighted by molar-refractivity contribution is 5.99. The average molecular weight is 350 g/mol. The van der Waals surface area contributed by atoms with E-state index in [1.807, 2.05) is 42.5 Å². The van der Waals surface area contributed by atoms with Gasteiger partial charge in [0.05, 0.1) is 7.11 Å². The van der Waals surface area contributed by atoms with Gasteiger partial charge in [-0.15, -0.1) is 0 Å². The van der Waals surface area contributed by atoms with Crippen molar-refractivity contribution in [2.24, 2.45) is 0 Å². The number of esters is 1. The zero-order chi connectivity index (χ0) is 18.4. The largest absolute Gasteiger partial charge is 0.497 e. The van der Waals surface area contributed by atoms with Crippen LogP contribution in [0.3, 0.4) is 0 Å². The van der Waals surface area contributed by atoms with E-state index in [1.165, 1.54) is 23.6 Å². The van der Waals surface area contributed by atoms with E-state index in [0.29, 0.717) is 5.56 Å². The molecule has 0 aliphatic heterocycles. The van der Waals surface area contributed by atoms with Crippen LogP contribution in [0.5, 0.6) is 5.75 Å². The van der Waals surface area contributed by atoms with Crippen molar-refractivity contribution in [3.05, 3.63) is 70.8 Å². The van der Waals surface area contributed by atoms with Gasteiger partial charge in [-0.05, 0) is 66.6 Å². The Morgan fingerprint density at radius 2 is 1.73 bits per heavy atom. The van der Waals surface area contributed by atoms with Gasteiger partial charge in [-0.25, -0.2) is 4.79 Å². The molecule has 0 aromatic heterocycles. The number of hydrogen-bond acceptors (Lipinski definition) is 4. The molecule has 0 N–H and O–H groups in total. The second-order valence-corrected chi connectivity index (χ2v) is 6.33. The fourth-order valence-electron chi connectivity index (χ4n) is 3.05. The minimum atomic E-state index is -0.535. The van der Waals surface area contributed by atoms with Gasteiger partial charge in [0.1, 0.15) is 5.75 Å². The fraction of sp³-hybridized carbons (Fsp3) is 0.273. The minimum absolute atomic E-state index is 0.176. The monoisotopic (exact) mass is 350 g/mol. The highest BCUT2D eigenvalue weighted by atomic mass is 16.5. The third-order valence-electron chi connectivity index (χ3n) is 4.54. The van der Waals surface area contributed by atoms with Crippen LogP contribution in [0.15, 0.2) is 48.5 Å². The maximum atomic E-state index is 12.3. The highest BCUT2D eigenvalue weighted by Gasteiger charge is 2.13. The van der Waals surface area contributed by atoms with Crippen LogP contribution < -0.4 is 4.74 Å². The molecule has 4 heteroatoms. The van der Waals surface area contributed by atoms with Crippen LogP contribution in [-0.4, -0.2) is 25.5 Å². The minimum Gasteiger partial charge on any atom is -0.497 e. The zero-order valence-corrected chi connectivity index (χ0v) is 14.9. The van der Waals surface area contributed by atoms with Crippen molar-refractivity contribution in [1.82, 2.24) is 0 Å². The topological polar surface area (TPSA) is 52.6 Å². The molecule has 134 valence electrons. The Morgan fingerprint density at radius 3 is 2.46 bits per heavy atom. The van der Waals surface area contributed by atoms with Gasteiger partial charge >= 0.3 is 5.97 Å². The summed E-state index contributed by atoms with van der Waals surface area (Å²) in [5.74, 6) is 0.0390. The summed E-state index contributed by atoms with van der Waals surface area (Å²) in [4.78, 5) is 24.1. The summed E-state index contributed by atoms with van der Waals surface area (Å²) in [6.45, 7) is -0.245. The lowest BCUT2D eigenvalue weighted by molar-refractivity contribution is -0.136. The van der Waals surface area contributed by atoms with Crippen molar-refractivity contribution in [2.75, 3.05) is 13.7 Å². The molecular weight excluding hydrogens is 328 g/mol. The van der Waals surface area contributed by atoms with Gasteiger partial charge in [0.25, 0.3) is 0 Å². The third-order valence-corrected chi connectivity index (χ3v) is 4.54. The predicted molar refractivity (Wildman–Crippen MR) is 100 cm³/mol. The van der Waals surface area contributed by atoms with E-state index >= 15 is 0 Å². The smallest absolute Gasteiger partial charge is 0.331 e. The second kappa shape index (κ2) is 8.48. The average Bonchev–Trinajstić information content (AvgIpc) is 2.70. The molecule has 0 bridgehead atoms. The van der Waals surface area contributed by atoms with E-state index in [-0.39, 0.29) is 12.4 Å². The number of benzene rings is 2. The van der Waals surface area contributed by atoms with Crippen LogP contribution in [0.2, 0.25) is 0 Å². The Kier molecular flexibility index (Phi) is 5.84. The lowest BCUT2D eigenvalue weighted by Gasteiger charge is -2.16. The molecule has 26 heavy (non-hydrogen) atoms. The van der Waals surface area contributed by atoms with Crippen molar-refractivity contribution in [2.45, 2.75) is 25.7 Å². The lowest BCUT2D eigenvalue weighted by atomic mass is 9.90. The first-order valence-corrected chi connectivity index (χ1v) is 8.79. The molecule has 0 saturated heterocycles. The molecular formula is C22H22O4. The van der Waals surface area contributed by atoms with Gasteiger partial charge in [-0.3, -0.25) is 4.79 Å². The van der Waals surface area contributed by atoms with Crippen LogP contribution in [0, 0.1) is 0 Å². The molecule has 0 saturated carbocycles. The molecule has 3 rings (SSSR count). The summed E-state index contributed by atoms with van der Waals surface area (Å²) in [5.41, 5.74) is 4.03. The van der Waals surface area contributed by atoms with Crippen LogP contribution in [-0.2, 0) is 22.4 Å². The van der Waals surface area contributed by atoms with Gasteiger partial charge in [0, 0.05) is 11.6 Å². The Hall–Kier alpha value is -2.88. The van der Waals surface area contributed by atoms with Crippen LogP contribution in [0.4, 0.5) is 0 Å². The first-order chi connectivity index (χ1) is 12.7. The van der Waals surface area contributed by atoms with Crippen LogP contribution in [0.25, 0.3) is 6.08 Å². The molecule has 0 heterocycles. The number of carbonyl (C=O) groups is 2. The fourth-order valence-corrected chi connectivity index (χ4v) is 3.05. The van der Waals surface area contributed by atoms with E-state index in [0.717, 1.165) is 30.6 Å². The summed E-state index contributed by atoms with van der Waals surface area (Å²) in [6, 6.07) is 13.1. The number of ketones is 1. The van der Waals surface area contributed by atoms with Gasteiger partial charge in [-0.2, -0.15) is 0 Å². The van der Waals surface area contributed by atoms with Crippen molar-refractivity contribution >= 4 is 17.8 Å². The summed E-state index contributed by atoms with van der Waals surface area (Å²) >= 11 is 0. The number of hydrogen-bond donors (Lipinski definition) is 0. The number of ether oxygens (including phenoxy) is 2. The zero-order valence-electron chi connectivity index (χ0n) is 14.9. The van der Waals surface area contributed by atoms with Gasteiger partial charge in [-0.1, -0.05) is 24.3 Å². The van der Waals surface area contributed by atoms with Crippen molar-refractivity contribution in [3.8, 4) is 5.75 Å². The quantitative estimate of drug-likeness (QED) is 0.449. The summed E-state index contributed by atoms with van der Waals surface area (Å²) in [7, 11) is 1.60. The molecule has 0 spiro atoms. The van der Waals surface area contributed by atoms with Crippen LogP contribution in [0.1, 0.15) is 39.9 Å². The first-order valence-electron chi connectivity index (χ1n) is 8.79.